The molecule has 3 atom stereocenters. The maximum atomic E-state index is 14.0. The highest BCUT2D eigenvalue weighted by atomic mass is 16.2. The van der Waals surface area contributed by atoms with Crippen LogP contribution in [0.5, 0.6) is 0 Å². The number of carbonyl (C=O) groups is 4. The molecule has 0 bridgehead atoms. The van der Waals surface area contributed by atoms with Crippen molar-refractivity contribution in [3.63, 3.8) is 0 Å². The van der Waals surface area contributed by atoms with Gasteiger partial charge in [0.05, 0.1) is 6.54 Å². The largest absolute Gasteiger partial charge is 0.357 e. The first-order valence-corrected chi connectivity index (χ1v) is 14.8. The SMILES string of the molecule is CNCC(=O)NC(C(=O)N1CCCC1C(=O)NC(C(=O)NC)C(c1ccccc1)c1ccccc1)C1CCCCC1. The molecule has 1 saturated carbocycles. The predicted molar refractivity (Wildman–Crippen MR) is 158 cm³/mol. The Balaban J connectivity index is 1.59. The van der Waals surface area contributed by atoms with Crippen molar-refractivity contribution in [3.05, 3.63) is 71.8 Å². The van der Waals surface area contributed by atoms with Gasteiger partial charge in [0.15, 0.2) is 0 Å². The molecule has 9 heteroatoms. The van der Waals surface area contributed by atoms with E-state index in [4.69, 9.17) is 0 Å². The normalized spacial score (nSPS) is 18.9. The number of amides is 4. The van der Waals surface area contributed by atoms with Crippen LogP contribution in [0.2, 0.25) is 0 Å². The molecular weight excluding hydrogens is 518 g/mol. The van der Waals surface area contributed by atoms with Crippen molar-refractivity contribution in [2.45, 2.75) is 69.0 Å². The van der Waals surface area contributed by atoms with Crippen molar-refractivity contribution in [1.29, 1.82) is 0 Å². The monoisotopic (exact) mass is 561 g/mol. The second kappa shape index (κ2) is 14.8. The van der Waals surface area contributed by atoms with Crippen molar-refractivity contribution in [1.82, 2.24) is 26.2 Å². The topological polar surface area (TPSA) is 120 Å². The van der Waals surface area contributed by atoms with Crippen LogP contribution in [-0.2, 0) is 19.2 Å². The average molecular weight is 562 g/mol. The van der Waals surface area contributed by atoms with E-state index < -0.39 is 24.0 Å². The van der Waals surface area contributed by atoms with Gasteiger partial charge in [-0.25, -0.2) is 0 Å². The summed E-state index contributed by atoms with van der Waals surface area (Å²) in [5.41, 5.74) is 1.80. The zero-order valence-corrected chi connectivity index (χ0v) is 24.1. The van der Waals surface area contributed by atoms with E-state index in [9.17, 15) is 19.2 Å². The Labute approximate surface area is 242 Å². The summed E-state index contributed by atoms with van der Waals surface area (Å²) in [5, 5.41) is 11.6. The number of hydrogen-bond donors (Lipinski definition) is 4. The van der Waals surface area contributed by atoms with Gasteiger partial charge in [-0.3, -0.25) is 19.2 Å². The third kappa shape index (κ3) is 7.52. The second-order valence-electron chi connectivity index (χ2n) is 11.1. The van der Waals surface area contributed by atoms with E-state index in [1.54, 1.807) is 19.0 Å². The molecule has 0 spiro atoms. The third-order valence-electron chi connectivity index (χ3n) is 8.36. The molecule has 1 aliphatic carbocycles. The van der Waals surface area contributed by atoms with Gasteiger partial charge in [-0.2, -0.15) is 0 Å². The lowest BCUT2D eigenvalue weighted by atomic mass is 9.83. The van der Waals surface area contributed by atoms with Crippen LogP contribution in [0.1, 0.15) is 62.0 Å². The Kier molecular flexibility index (Phi) is 10.9. The molecule has 2 aromatic carbocycles. The number of carbonyl (C=O) groups excluding carboxylic acids is 4. The fourth-order valence-corrected chi connectivity index (χ4v) is 6.32. The summed E-state index contributed by atoms with van der Waals surface area (Å²) < 4.78 is 0. The van der Waals surface area contributed by atoms with Gasteiger partial charge < -0.3 is 26.2 Å². The molecule has 0 aromatic heterocycles. The van der Waals surface area contributed by atoms with Crippen molar-refractivity contribution in [2.75, 3.05) is 27.2 Å². The standard InChI is InChI=1S/C32H43N5O4/c1-33-21-26(38)35-28(24-17-10-5-11-18-24)32(41)37-20-12-19-25(37)30(39)36-29(31(40)34-2)27(22-13-6-3-7-14-22)23-15-8-4-9-16-23/h3-4,6-9,13-16,24-25,27-29,33H,5,10-12,17-21H2,1-2H3,(H,34,40)(H,35,38)(H,36,39). The minimum absolute atomic E-state index is 0.0422. The van der Waals surface area contributed by atoms with Gasteiger partial charge in [0, 0.05) is 19.5 Å². The maximum absolute atomic E-state index is 14.0. The summed E-state index contributed by atoms with van der Waals surface area (Å²) in [6.45, 7) is 0.558. The zero-order chi connectivity index (χ0) is 29.2. The van der Waals surface area contributed by atoms with Gasteiger partial charge in [-0.15, -0.1) is 0 Å². The smallest absolute Gasteiger partial charge is 0.246 e. The lowest BCUT2D eigenvalue weighted by Gasteiger charge is -2.35. The van der Waals surface area contributed by atoms with Crippen LogP contribution < -0.4 is 21.3 Å². The van der Waals surface area contributed by atoms with Gasteiger partial charge in [0.2, 0.25) is 23.6 Å². The first-order valence-electron chi connectivity index (χ1n) is 14.8. The molecule has 0 radical (unpaired) electrons. The van der Waals surface area contributed by atoms with Crippen molar-refractivity contribution < 1.29 is 19.2 Å². The van der Waals surface area contributed by atoms with Crippen LogP contribution in [-0.4, -0.2) is 73.8 Å². The lowest BCUT2D eigenvalue weighted by molar-refractivity contribution is -0.143. The molecule has 41 heavy (non-hydrogen) atoms. The molecule has 4 rings (SSSR count). The zero-order valence-electron chi connectivity index (χ0n) is 24.1. The molecule has 9 nitrogen and oxygen atoms in total. The summed E-state index contributed by atoms with van der Waals surface area (Å²) in [4.78, 5) is 55.4. The molecule has 2 fully saturated rings. The lowest BCUT2D eigenvalue weighted by Crippen LogP contribution is -2.59. The van der Waals surface area contributed by atoms with Crippen LogP contribution in [0.25, 0.3) is 0 Å². The quantitative estimate of drug-likeness (QED) is 0.336. The van der Waals surface area contributed by atoms with Crippen LogP contribution in [0, 0.1) is 5.92 Å². The fourth-order valence-electron chi connectivity index (χ4n) is 6.32. The van der Waals surface area contributed by atoms with Crippen LogP contribution >= 0.6 is 0 Å². The molecule has 4 N–H and O–H groups in total. The van der Waals surface area contributed by atoms with E-state index >= 15 is 0 Å². The number of benzene rings is 2. The Bertz CT molecular complexity index is 1130. The molecule has 1 heterocycles. The van der Waals surface area contributed by atoms with E-state index in [2.05, 4.69) is 21.3 Å². The first kappa shape index (κ1) is 30.2. The van der Waals surface area contributed by atoms with Gasteiger partial charge in [-0.05, 0) is 49.8 Å². The summed E-state index contributed by atoms with van der Waals surface area (Å²) in [6, 6.07) is 17.0. The van der Waals surface area contributed by atoms with Crippen LogP contribution in [0.4, 0.5) is 0 Å². The molecule has 1 saturated heterocycles. The van der Waals surface area contributed by atoms with E-state index in [-0.39, 0.29) is 36.1 Å². The minimum Gasteiger partial charge on any atom is -0.357 e. The Morgan fingerprint density at radius 1 is 0.805 bits per heavy atom. The maximum Gasteiger partial charge on any atom is 0.246 e. The van der Waals surface area contributed by atoms with Crippen LogP contribution in [0.3, 0.4) is 0 Å². The number of likely N-dealkylation sites (tertiary alicyclic amines) is 1. The van der Waals surface area contributed by atoms with Gasteiger partial charge in [0.1, 0.15) is 18.1 Å². The van der Waals surface area contributed by atoms with E-state index in [1.165, 1.54) is 0 Å². The summed E-state index contributed by atoms with van der Waals surface area (Å²) in [5.74, 6) is -1.50. The van der Waals surface area contributed by atoms with Gasteiger partial charge >= 0.3 is 0 Å². The second-order valence-corrected chi connectivity index (χ2v) is 11.1. The fraction of sp³-hybridized carbons (Fsp3) is 0.500. The molecule has 4 amide bonds. The van der Waals surface area contributed by atoms with Crippen molar-refractivity contribution in [2.24, 2.45) is 5.92 Å². The Morgan fingerprint density at radius 3 is 1.98 bits per heavy atom. The number of likely N-dealkylation sites (N-methyl/N-ethyl adjacent to an activating group) is 2. The van der Waals surface area contributed by atoms with Crippen molar-refractivity contribution >= 4 is 23.6 Å². The average Bonchev–Trinajstić information content (AvgIpc) is 3.51. The number of nitrogens with zero attached hydrogens (tertiary/aromatic N) is 1. The summed E-state index contributed by atoms with van der Waals surface area (Å²) >= 11 is 0. The van der Waals surface area contributed by atoms with Crippen LogP contribution in [0.15, 0.2) is 60.7 Å². The summed E-state index contributed by atoms with van der Waals surface area (Å²) in [6.07, 6.45) is 6.09. The number of nitrogens with one attached hydrogen (secondary N) is 4. The van der Waals surface area contributed by atoms with Gasteiger partial charge in [0.25, 0.3) is 0 Å². The van der Waals surface area contributed by atoms with E-state index in [1.807, 2.05) is 60.7 Å². The highest BCUT2D eigenvalue weighted by molar-refractivity contribution is 5.95. The number of rotatable bonds is 11. The molecular formula is C32H43N5O4. The molecule has 3 unspecified atom stereocenters. The predicted octanol–water partition coefficient (Wildman–Crippen LogP) is 2.32. The molecule has 220 valence electrons. The highest BCUT2D eigenvalue weighted by Crippen LogP contribution is 2.31. The first-order chi connectivity index (χ1) is 19.9. The minimum atomic E-state index is -0.890. The Hall–Kier alpha value is -3.72. The van der Waals surface area contributed by atoms with Crippen molar-refractivity contribution in [3.8, 4) is 0 Å². The Morgan fingerprint density at radius 2 is 1.41 bits per heavy atom. The summed E-state index contributed by atoms with van der Waals surface area (Å²) in [7, 11) is 3.25. The number of hydrogen-bond acceptors (Lipinski definition) is 5. The van der Waals surface area contributed by atoms with E-state index in [0.29, 0.717) is 19.4 Å². The molecule has 1 aliphatic heterocycles. The van der Waals surface area contributed by atoms with Gasteiger partial charge in [-0.1, -0.05) is 79.9 Å². The third-order valence-corrected chi connectivity index (χ3v) is 8.36. The highest BCUT2D eigenvalue weighted by Gasteiger charge is 2.42. The molecule has 2 aromatic rings. The molecule has 2 aliphatic rings. The van der Waals surface area contributed by atoms with E-state index in [0.717, 1.165) is 43.2 Å².